The molecule has 0 amide bonds. The summed E-state index contributed by atoms with van der Waals surface area (Å²) in [5.74, 6) is 0.622. The van der Waals surface area contributed by atoms with E-state index < -0.39 is 0 Å². The Morgan fingerprint density at radius 3 is 2.00 bits per heavy atom. The van der Waals surface area contributed by atoms with Gasteiger partial charge in [-0.05, 0) is 36.2 Å². The summed E-state index contributed by atoms with van der Waals surface area (Å²) >= 11 is 6.15. The highest BCUT2D eigenvalue weighted by Crippen LogP contribution is 2.46. The van der Waals surface area contributed by atoms with Gasteiger partial charge in [0.1, 0.15) is 6.67 Å². The highest BCUT2D eigenvalue weighted by atomic mass is 35.5. The summed E-state index contributed by atoms with van der Waals surface area (Å²) in [5, 5.41) is 0. The monoisotopic (exact) mass is 347 g/mol. The van der Waals surface area contributed by atoms with E-state index in [1.807, 2.05) is 6.07 Å². The second-order valence-corrected chi connectivity index (χ2v) is 6.50. The number of benzene rings is 3. The molecule has 1 radical (unpaired) electrons. The van der Waals surface area contributed by atoms with Crippen molar-refractivity contribution in [3.05, 3.63) is 97.2 Å². The van der Waals surface area contributed by atoms with Crippen LogP contribution in [0.15, 0.2) is 84.9 Å². The van der Waals surface area contributed by atoms with E-state index in [4.69, 9.17) is 11.6 Å². The number of nitrogens with zero attached hydrogens (tertiary/aromatic N) is 2. The van der Waals surface area contributed by atoms with E-state index in [0.717, 1.165) is 12.1 Å². The Balaban J connectivity index is 1.75. The van der Waals surface area contributed by atoms with Crippen molar-refractivity contribution in [3.8, 4) is 0 Å². The van der Waals surface area contributed by atoms with Crippen LogP contribution in [0.2, 0.25) is 0 Å². The van der Waals surface area contributed by atoms with Crippen LogP contribution in [0.5, 0.6) is 0 Å². The molecule has 2 nitrogen and oxygen atoms in total. The molecular formula is C22H20ClN2. The molecule has 3 aromatic carbocycles. The molecule has 125 valence electrons. The minimum Gasteiger partial charge on any atom is -0.339 e. The van der Waals surface area contributed by atoms with Crippen molar-refractivity contribution >= 4 is 28.7 Å². The molecule has 0 aliphatic carbocycles. The minimum absolute atomic E-state index is 0.216. The maximum Gasteiger partial charge on any atom is 0.147 e. The van der Waals surface area contributed by atoms with Crippen molar-refractivity contribution in [1.82, 2.24) is 0 Å². The molecule has 0 fully saturated rings. The molecule has 0 bridgehead atoms. The summed E-state index contributed by atoms with van der Waals surface area (Å²) < 4.78 is 0. The van der Waals surface area contributed by atoms with Gasteiger partial charge in [-0.1, -0.05) is 60.7 Å². The number of hydrogen-bond donors (Lipinski definition) is 0. The molecule has 0 aromatic heterocycles. The van der Waals surface area contributed by atoms with Crippen LogP contribution in [0.25, 0.3) is 0 Å². The third-order valence-electron chi connectivity index (χ3n) is 4.60. The van der Waals surface area contributed by atoms with E-state index in [9.17, 15) is 0 Å². The smallest absolute Gasteiger partial charge is 0.147 e. The number of fused-ring (bicyclic) bond motifs is 1. The summed E-state index contributed by atoms with van der Waals surface area (Å²) in [5.41, 5.74) is 4.86. The molecular weight excluding hydrogens is 328 g/mol. The van der Waals surface area contributed by atoms with Gasteiger partial charge in [0.25, 0.3) is 0 Å². The van der Waals surface area contributed by atoms with Gasteiger partial charge in [-0.2, -0.15) is 0 Å². The Morgan fingerprint density at radius 2 is 1.32 bits per heavy atom. The van der Waals surface area contributed by atoms with Crippen LogP contribution < -0.4 is 9.80 Å². The van der Waals surface area contributed by atoms with Gasteiger partial charge in [0, 0.05) is 11.6 Å². The number of halogens is 1. The quantitative estimate of drug-likeness (QED) is 0.512. The topological polar surface area (TPSA) is 6.48 Å². The fourth-order valence-corrected chi connectivity index (χ4v) is 3.63. The molecule has 3 heteroatoms. The first-order valence-electron chi connectivity index (χ1n) is 8.56. The highest BCUT2D eigenvalue weighted by molar-refractivity contribution is 6.17. The standard InChI is InChI=1S/C22H20ClN2/c23-16-15-20(18-9-3-1-4-10-18)25-17-24(19-11-5-2-6-12-19)21-13-7-8-14-22(21)25/h1-14,17,20H,15-16H2/t20-/m1/s1. The average Bonchev–Trinajstić information content (AvgIpc) is 3.07. The molecule has 0 saturated carbocycles. The number of rotatable bonds is 5. The van der Waals surface area contributed by atoms with E-state index in [2.05, 4.69) is 95.3 Å². The normalized spacial score (nSPS) is 14.4. The van der Waals surface area contributed by atoms with Crippen LogP contribution in [0.4, 0.5) is 17.1 Å². The lowest BCUT2D eigenvalue weighted by Gasteiger charge is -2.30. The first-order chi connectivity index (χ1) is 12.4. The van der Waals surface area contributed by atoms with Gasteiger partial charge in [-0.15, -0.1) is 11.6 Å². The molecule has 4 rings (SSSR count). The zero-order valence-corrected chi connectivity index (χ0v) is 14.7. The summed E-state index contributed by atoms with van der Waals surface area (Å²) in [6.07, 6.45) is 0.888. The van der Waals surface area contributed by atoms with Crippen molar-refractivity contribution < 1.29 is 0 Å². The molecule has 1 heterocycles. The lowest BCUT2D eigenvalue weighted by atomic mass is 10.0. The van der Waals surface area contributed by atoms with Crippen LogP contribution in [0.3, 0.4) is 0 Å². The third-order valence-corrected chi connectivity index (χ3v) is 4.81. The van der Waals surface area contributed by atoms with Gasteiger partial charge in [-0.25, -0.2) is 0 Å². The molecule has 1 aliphatic rings. The molecule has 1 atom stereocenters. The van der Waals surface area contributed by atoms with Crippen molar-refractivity contribution in [2.24, 2.45) is 0 Å². The van der Waals surface area contributed by atoms with Crippen LogP contribution in [0.1, 0.15) is 18.0 Å². The second-order valence-electron chi connectivity index (χ2n) is 6.12. The van der Waals surface area contributed by atoms with Gasteiger partial charge in [0.2, 0.25) is 0 Å². The molecule has 1 aliphatic heterocycles. The molecule has 3 aromatic rings. The van der Waals surface area contributed by atoms with Gasteiger partial charge in [0.05, 0.1) is 17.4 Å². The van der Waals surface area contributed by atoms with Gasteiger partial charge in [0.15, 0.2) is 0 Å². The minimum atomic E-state index is 0.216. The Hall–Kier alpha value is -2.45. The van der Waals surface area contributed by atoms with Gasteiger partial charge >= 0.3 is 0 Å². The number of alkyl halides is 1. The average molecular weight is 348 g/mol. The van der Waals surface area contributed by atoms with Crippen LogP contribution >= 0.6 is 11.6 Å². The lowest BCUT2D eigenvalue weighted by molar-refractivity contribution is 0.655. The molecule has 0 unspecified atom stereocenters. The highest BCUT2D eigenvalue weighted by Gasteiger charge is 2.32. The molecule has 0 N–H and O–H groups in total. The zero-order chi connectivity index (χ0) is 17.1. The Kier molecular flexibility index (Phi) is 4.62. The number of anilines is 3. The summed E-state index contributed by atoms with van der Waals surface area (Å²) in [7, 11) is 0. The maximum atomic E-state index is 6.15. The fraction of sp³-hybridized carbons (Fsp3) is 0.136. The van der Waals surface area contributed by atoms with Gasteiger partial charge < -0.3 is 9.80 Å². The third kappa shape index (κ3) is 3.10. The summed E-state index contributed by atoms with van der Waals surface area (Å²) in [6.45, 7) is 2.20. The van der Waals surface area contributed by atoms with Crippen LogP contribution in [-0.4, -0.2) is 5.88 Å². The van der Waals surface area contributed by atoms with E-state index in [-0.39, 0.29) is 6.04 Å². The van der Waals surface area contributed by atoms with E-state index in [1.54, 1.807) is 0 Å². The molecule has 0 saturated heterocycles. The van der Waals surface area contributed by atoms with E-state index in [0.29, 0.717) is 5.88 Å². The van der Waals surface area contributed by atoms with Crippen molar-refractivity contribution in [2.75, 3.05) is 15.7 Å². The van der Waals surface area contributed by atoms with Gasteiger partial charge in [-0.3, -0.25) is 0 Å². The second kappa shape index (κ2) is 7.20. The first kappa shape index (κ1) is 16.0. The molecule has 25 heavy (non-hydrogen) atoms. The van der Waals surface area contributed by atoms with Crippen molar-refractivity contribution in [3.63, 3.8) is 0 Å². The molecule has 0 spiro atoms. The van der Waals surface area contributed by atoms with E-state index >= 15 is 0 Å². The summed E-state index contributed by atoms with van der Waals surface area (Å²) in [4.78, 5) is 4.60. The number of para-hydroxylation sites is 3. The predicted octanol–water partition coefficient (Wildman–Crippen LogP) is 6.13. The lowest BCUT2D eigenvalue weighted by Crippen LogP contribution is -2.27. The SMILES string of the molecule is ClCC[C@H](c1ccccc1)N1[CH]N(c2ccccc2)c2ccccc21. The predicted molar refractivity (Wildman–Crippen MR) is 106 cm³/mol. The van der Waals surface area contributed by atoms with Crippen molar-refractivity contribution in [2.45, 2.75) is 12.5 Å². The first-order valence-corrected chi connectivity index (χ1v) is 9.09. The van der Waals surface area contributed by atoms with Crippen molar-refractivity contribution in [1.29, 1.82) is 0 Å². The Labute approximate surface area is 154 Å². The maximum absolute atomic E-state index is 6.15. The summed E-state index contributed by atoms with van der Waals surface area (Å²) in [6, 6.07) is 29.8. The zero-order valence-electron chi connectivity index (χ0n) is 13.9. The number of hydrogen-bond acceptors (Lipinski definition) is 2. The largest absolute Gasteiger partial charge is 0.339 e. The fourth-order valence-electron chi connectivity index (χ4n) is 3.42. The van der Waals surface area contributed by atoms with Crippen LogP contribution in [0, 0.1) is 6.67 Å². The Bertz CT molecular complexity index is 820. The van der Waals surface area contributed by atoms with E-state index in [1.165, 1.54) is 16.9 Å². The Morgan fingerprint density at radius 1 is 0.720 bits per heavy atom. The van der Waals surface area contributed by atoms with Crippen LogP contribution in [-0.2, 0) is 0 Å².